The lowest BCUT2D eigenvalue weighted by atomic mass is 10.3. The number of pyridine rings is 1. The molecule has 2 heterocycles. The zero-order valence-corrected chi connectivity index (χ0v) is 12.1. The van der Waals surface area contributed by atoms with Crippen LogP contribution in [0.5, 0.6) is 0 Å². The quantitative estimate of drug-likeness (QED) is 0.869. The molecule has 0 spiro atoms. The zero-order valence-electron chi connectivity index (χ0n) is 12.1. The van der Waals surface area contributed by atoms with Crippen molar-refractivity contribution in [3.63, 3.8) is 0 Å². The molecular formula is C14H20N6. The fraction of sp³-hybridized carbons (Fsp3) is 0.357. The number of nitrogen functional groups attached to an aromatic ring is 1. The lowest BCUT2D eigenvalue weighted by molar-refractivity contribution is 0.844. The third kappa shape index (κ3) is 2.96. The summed E-state index contributed by atoms with van der Waals surface area (Å²) in [5.74, 6) is 2.06. The Morgan fingerprint density at radius 1 is 1.20 bits per heavy atom. The van der Waals surface area contributed by atoms with Gasteiger partial charge in [-0.05, 0) is 32.9 Å². The second-order valence-electron chi connectivity index (χ2n) is 4.42. The predicted molar refractivity (Wildman–Crippen MR) is 82.3 cm³/mol. The van der Waals surface area contributed by atoms with Crippen molar-refractivity contribution in [3.8, 4) is 0 Å². The number of aromatic nitrogens is 3. The summed E-state index contributed by atoms with van der Waals surface area (Å²) >= 11 is 0. The maximum Gasteiger partial charge on any atom is 0.160 e. The van der Waals surface area contributed by atoms with E-state index in [0.717, 1.165) is 30.4 Å². The van der Waals surface area contributed by atoms with Crippen LogP contribution < -0.4 is 16.0 Å². The van der Waals surface area contributed by atoms with Gasteiger partial charge in [0.1, 0.15) is 17.8 Å². The van der Waals surface area contributed by atoms with Gasteiger partial charge in [-0.25, -0.2) is 15.0 Å². The van der Waals surface area contributed by atoms with Gasteiger partial charge in [-0.3, -0.25) is 0 Å². The van der Waals surface area contributed by atoms with Crippen LogP contribution in [0.25, 0.3) is 0 Å². The Morgan fingerprint density at radius 3 is 2.60 bits per heavy atom. The smallest absolute Gasteiger partial charge is 0.160 e. The van der Waals surface area contributed by atoms with E-state index < -0.39 is 0 Å². The standard InChI is InChI=1S/C14H20N6/c1-4-20(5-2)14-12(15)13(16-9-17-14)19-11-8-6-7-10(3)18-11/h6-9H,4-5,15H2,1-3H3,(H,16,17,18,19). The molecule has 106 valence electrons. The highest BCUT2D eigenvalue weighted by atomic mass is 15.2. The molecule has 0 aromatic carbocycles. The van der Waals surface area contributed by atoms with Gasteiger partial charge in [0.15, 0.2) is 11.6 Å². The van der Waals surface area contributed by atoms with Crippen LogP contribution >= 0.6 is 0 Å². The van der Waals surface area contributed by atoms with Gasteiger partial charge in [0.05, 0.1) is 0 Å². The largest absolute Gasteiger partial charge is 0.393 e. The average molecular weight is 272 g/mol. The summed E-state index contributed by atoms with van der Waals surface area (Å²) in [6, 6.07) is 5.76. The van der Waals surface area contributed by atoms with Crippen molar-refractivity contribution in [3.05, 3.63) is 30.2 Å². The van der Waals surface area contributed by atoms with E-state index in [4.69, 9.17) is 5.73 Å². The van der Waals surface area contributed by atoms with Crippen molar-refractivity contribution in [1.82, 2.24) is 15.0 Å². The molecule has 0 aliphatic heterocycles. The van der Waals surface area contributed by atoms with Gasteiger partial charge in [0, 0.05) is 18.8 Å². The second-order valence-corrected chi connectivity index (χ2v) is 4.42. The molecule has 0 bridgehead atoms. The van der Waals surface area contributed by atoms with Crippen molar-refractivity contribution >= 4 is 23.1 Å². The molecule has 0 radical (unpaired) electrons. The number of hydrogen-bond donors (Lipinski definition) is 2. The van der Waals surface area contributed by atoms with E-state index in [2.05, 4.69) is 39.0 Å². The first-order chi connectivity index (χ1) is 9.65. The molecule has 0 saturated carbocycles. The molecule has 6 heteroatoms. The van der Waals surface area contributed by atoms with Crippen molar-refractivity contribution in [2.45, 2.75) is 20.8 Å². The van der Waals surface area contributed by atoms with Gasteiger partial charge in [-0.1, -0.05) is 6.07 Å². The SMILES string of the molecule is CCN(CC)c1ncnc(Nc2cccc(C)n2)c1N. The van der Waals surface area contributed by atoms with E-state index in [-0.39, 0.29) is 0 Å². The molecule has 2 aromatic rings. The Labute approximate surface area is 119 Å². The maximum atomic E-state index is 6.16. The first kappa shape index (κ1) is 14.0. The van der Waals surface area contributed by atoms with E-state index in [0.29, 0.717) is 11.5 Å². The molecule has 6 nitrogen and oxygen atoms in total. The number of anilines is 4. The summed E-state index contributed by atoms with van der Waals surface area (Å²) in [4.78, 5) is 14.9. The summed E-state index contributed by atoms with van der Waals surface area (Å²) in [5, 5.41) is 3.14. The second kappa shape index (κ2) is 6.18. The Morgan fingerprint density at radius 2 is 1.95 bits per heavy atom. The number of hydrogen-bond acceptors (Lipinski definition) is 6. The average Bonchev–Trinajstić information content (AvgIpc) is 2.44. The van der Waals surface area contributed by atoms with Gasteiger partial charge in [0.2, 0.25) is 0 Å². The van der Waals surface area contributed by atoms with E-state index in [1.165, 1.54) is 6.33 Å². The molecule has 2 aromatic heterocycles. The molecule has 0 saturated heterocycles. The van der Waals surface area contributed by atoms with Crippen LogP contribution in [0.3, 0.4) is 0 Å². The van der Waals surface area contributed by atoms with E-state index in [9.17, 15) is 0 Å². The summed E-state index contributed by atoms with van der Waals surface area (Å²) < 4.78 is 0. The summed E-state index contributed by atoms with van der Waals surface area (Å²) in [7, 11) is 0. The van der Waals surface area contributed by atoms with Crippen LogP contribution in [0.1, 0.15) is 19.5 Å². The minimum Gasteiger partial charge on any atom is -0.393 e. The molecule has 20 heavy (non-hydrogen) atoms. The van der Waals surface area contributed by atoms with Crippen LogP contribution in [0.15, 0.2) is 24.5 Å². The van der Waals surface area contributed by atoms with E-state index >= 15 is 0 Å². The highest BCUT2D eigenvalue weighted by Crippen LogP contribution is 2.27. The highest BCUT2D eigenvalue weighted by Gasteiger charge is 2.13. The monoisotopic (exact) mass is 272 g/mol. The predicted octanol–water partition coefficient (Wildman–Crippen LogP) is 2.35. The molecule has 0 unspecified atom stereocenters. The third-order valence-corrected chi connectivity index (χ3v) is 3.06. The maximum absolute atomic E-state index is 6.16. The van der Waals surface area contributed by atoms with Crippen molar-refractivity contribution in [2.24, 2.45) is 0 Å². The number of rotatable bonds is 5. The van der Waals surface area contributed by atoms with Crippen LogP contribution in [0.4, 0.5) is 23.1 Å². The van der Waals surface area contributed by atoms with Gasteiger partial charge >= 0.3 is 0 Å². The van der Waals surface area contributed by atoms with Crippen molar-refractivity contribution in [1.29, 1.82) is 0 Å². The van der Waals surface area contributed by atoms with Crippen molar-refractivity contribution in [2.75, 3.05) is 29.0 Å². The molecule has 0 aliphatic rings. The number of aryl methyl sites for hydroxylation is 1. The minimum atomic E-state index is 0.541. The van der Waals surface area contributed by atoms with E-state index in [1.54, 1.807) is 0 Å². The molecule has 0 amide bonds. The lowest BCUT2D eigenvalue weighted by Gasteiger charge is -2.22. The highest BCUT2D eigenvalue weighted by molar-refractivity contribution is 5.77. The Hall–Kier alpha value is -2.37. The van der Waals surface area contributed by atoms with Gasteiger partial charge in [-0.15, -0.1) is 0 Å². The fourth-order valence-electron chi connectivity index (χ4n) is 1.99. The first-order valence-electron chi connectivity index (χ1n) is 6.71. The molecule has 0 atom stereocenters. The Kier molecular flexibility index (Phi) is 4.34. The summed E-state index contributed by atoms with van der Waals surface area (Å²) in [6.45, 7) is 7.77. The molecular weight excluding hydrogens is 252 g/mol. The third-order valence-electron chi connectivity index (χ3n) is 3.06. The van der Waals surface area contributed by atoms with E-state index in [1.807, 2.05) is 25.1 Å². The fourth-order valence-corrected chi connectivity index (χ4v) is 1.99. The molecule has 0 aliphatic carbocycles. The van der Waals surface area contributed by atoms with Gasteiger partial charge < -0.3 is 16.0 Å². The number of nitrogens with one attached hydrogen (secondary N) is 1. The summed E-state index contributed by atoms with van der Waals surface area (Å²) in [5.41, 5.74) is 7.64. The van der Waals surface area contributed by atoms with Crippen LogP contribution in [0.2, 0.25) is 0 Å². The number of nitrogens with two attached hydrogens (primary N) is 1. The minimum absolute atomic E-state index is 0.541. The Bertz CT molecular complexity index is 580. The van der Waals surface area contributed by atoms with Crippen LogP contribution in [0, 0.1) is 6.92 Å². The zero-order chi connectivity index (χ0) is 14.5. The van der Waals surface area contributed by atoms with Gasteiger partial charge in [-0.2, -0.15) is 0 Å². The van der Waals surface area contributed by atoms with Crippen LogP contribution in [-0.2, 0) is 0 Å². The molecule has 2 rings (SSSR count). The topological polar surface area (TPSA) is 80.0 Å². The lowest BCUT2D eigenvalue weighted by Crippen LogP contribution is -2.24. The van der Waals surface area contributed by atoms with Crippen molar-refractivity contribution < 1.29 is 0 Å². The molecule has 0 fully saturated rings. The Balaban J connectivity index is 2.31. The normalized spacial score (nSPS) is 10.3. The summed E-state index contributed by atoms with van der Waals surface area (Å²) in [6.07, 6.45) is 1.52. The number of nitrogens with zero attached hydrogens (tertiary/aromatic N) is 4. The molecule has 3 N–H and O–H groups in total. The van der Waals surface area contributed by atoms with Gasteiger partial charge in [0.25, 0.3) is 0 Å². The first-order valence-corrected chi connectivity index (χ1v) is 6.71. The van der Waals surface area contributed by atoms with Crippen LogP contribution in [-0.4, -0.2) is 28.0 Å².